The highest BCUT2D eigenvalue weighted by Gasteiger charge is 2.15. The van der Waals surface area contributed by atoms with Crippen LogP contribution in [0.4, 0.5) is 5.69 Å². The van der Waals surface area contributed by atoms with Crippen LogP contribution in [-0.2, 0) is 17.6 Å². The summed E-state index contributed by atoms with van der Waals surface area (Å²) >= 11 is 0. The number of ether oxygens (including phenoxy) is 1. The number of nitrogens with two attached hydrogens (primary N) is 1. The molecule has 3 N–H and O–H groups in total. The minimum Gasteiger partial charge on any atom is -0.376 e. The van der Waals surface area contributed by atoms with E-state index in [1.54, 1.807) is 0 Å². The number of nitrogens with zero attached hydrogens (tertiary/aromatic N) is 1. The maximum Gasteiger partial charge on any atom is 0.193 e. The van der Waals surface area contributed by atoms with Crippen molar-refractivity contribution >= 4 is 35.6 Å². The van der Waals surface area contributed by atoms with Gasteiger partial charge in [0.25, 0.3) is 0 Å². The van der Waals surface area contributed by atoms with Gasteiger partial charge in [-0.15, -0.1) is 24.0 Å². The van der Waals surface area contributed by atoms with E-state index in [0.717, 1.165) is 25.1 Å². The number of aryl methyl sites for hydroxylation is 1. The number of halogens is 1. The third-order valence-electron chi connectivity index (χ3n) is 4.40. The summed E-state index contributed by atoms with van der Waals surface area (Å²) in [7, 11) is 0. The summed E-state index contributed by atoms with van der Waals surface area (Å²) in [5.41, 5.74) is 10.0. The Labute approximate surface area is 149 Å². The Balaban J connectivity index is 0.00000176. The summed E-state index contributed by atoms with van der Waals surface area (Å²) < 4.78 is 5.68. The number of guanidine groups is 1. The summed E-state index contributed by atoms with van der Waals surface area (Å²) in [5, 5.41) is 3.28. The van der Waals surface area contributed by atoms with Crippen LogP contribution in [0.5, 0.6) is 0 Å². The van der Waals surface area contributed by atoms with E-state index in [2.05, 4.69) is 28.5 Å². The molecule has 0 aromatic heterocycles. The topological polar surface area (TPSA) is 59.6 Å². The SMILES string of the molecule is I.NC(=NCC1CCCCO1)Nc1cccc2c1CCCC2. The van der Waals surface area contributed by atoms with Gasteiger partial charge >= 0.3 is 0 Å². The Kier molecular flexibility index (Phi) is 6.95. The van der Waals surface area contributed by atoms with Crippen molar-refractivity contribution in [1.82, 2.24) is 0 Å². The van der Waals surface area contributed by atoms with Crippen molar-refractivity contribution in [3.63, 3.8) is 0 Å². The number of hydrogen-bond acceptors (Lipinski definition) is 2. The van der Waals surface area contributed by atoms with Crippen LogP contribution in [0.1, 0.15) is 43.2 Å². The Morgan fingerprint density at radius 2 is 2.09 bits per heavy atom. The largest absolute Gasteiger partial charge is 0.376 e. The monoisotopic (exact) mass is 415 g/mol. The molecule has 122 valence electrons. The first-order chi connectivity index (χ1) is 10.3. The van der Waals surface area contributed by atoms with Crippen molar-refractivity contribution in [3.05, 3.63) is 29.3 Å². The van der Waals surface area contributed by atoms with Gasteiger partial charge in [-0.2, -0.15) is 0 Å². The minimum absolute atomic E-state index is 0. The molecule has 1 aliphatic heterocycles. The molecule has 1 aromatic carbocycles. The molecule has 0 bridgehead atoms. The van der Waals surface area contributed by atoms with Crippen molar-refractivity contribution in [2.45, 2.75) is 51.0 Å². The number of fused-ring (bicyclic) bond motifs is 1. The van der Waals surface area contributed by atoms with E-state index < -0.39 is 0 Å². The van der Waals surface area contributed by atoms with Crippen LogP contribution >= 0.6 is 24.0 Å². The van der Waals surface area contributed by atoms with Gasteiger partial charge in [0.15, 0.2) is 5.96 Å². The van der Waals surface area contributed by atoms with Gasteiger partial charge in [0.05, 0.1) is 12.6 Å². The van der Waals surface area contributed by atoms with Gasteiger partial charge in [0, 0.05) is 12.3 Å². The van der Waals surface area contributed by atoms with Crippen LogP contribution in [0.2, 0.25) is 0 Å². The van der Waals surface area contributed by atoms with Crippen LogP contribution in [-0.4, -0.2) is 25.2 Å². The maximum absolute atomic E-state index is 6.04. The lowest BCUT2D eigenvalue weighted by molar-refractivity contribution is 0.0225. The summed E-state index contributed by atoms with van der Waals surface area (Å²) in [6, 6.07) is 6.43. The van der Waals surface area contributed by atoms with Gasteiger partial charge in [-0.25, -0.2) is 0 Å². The highest BCUT2D eigenvalue weighted by molar-refractivity contribution is 14.0. The van der Waals surface area contributed by atoms with Crippen LogP contribution in [0.15, 0.2) is 23.2 Å². The van der Waals surface area contributed by atoms with Crippen LogP contribution < -0.4 is 11.1 Å². The summed E-state index contributed by atoms with van der Waals surface area (Å²) in [4.78, 5) is 4.45. The van der Waals surface area contributed by atoms with Crippen molar-refractivity contribution < 1.29 is 4.74 Å². The van der Waals surface area contributed by atoms with Crippen LogP contribution in [0.25, 0.3) is 0 Å². The first kappa shape index (κ1) is 17.5. The van der Waals surface area contributed by atoms with Crippen molar-refractivity contribution in [2.24, 2.45) is 10.7 Å². The molecule has 1 aliphatic carbocycles. The lowest BCUT2D eigenvalue weighted by Gasteiger charge is -2.22. The number of rotatable bonds is 3. The molecule has 22 heavy (non-hydrogen) atoms. The Hall–Kier alpha value is -0.820. The van der Waals surface area contributed by atoms with Crippen molar-refractivity contribution in [1.29, 1.82) is 0 Å². The van der Waals surface area contributed by atoms with Gasteiger partial charge in [0.1, 0.15) is 0 Å². The highest BCUT2D eigenvalue weighted by Crippen LogP contribution is 2.27. The van der Waals surface area contributed by atoms with Gasteiger partial charge in [-0.1, -0.05) is 12.1 Å². The molecule has 0 radical (unpaired) electrons. The molecular formula is C17H26IN3O. The van der Waals surface area contributed by atoms with Gasteiger partial charge < -0.3 is 15.8 Å². The predicted octanol–water partition coefficient (Wildman–Crippen LogP) is 3.48. The molecule has 0 amide bonds. The van der Waals surface area contributed by atoms with E-state index >= 15 is 0 Å². The molecule has 0 saturated carbocycles. The van der Waals surface area contributed by atoms with E-state index in [-0.39, 0.29) is 30.1 Å². The standard InChI is InChI=1S/C17H25N3O.HI/c18-17(19-12-14-8-3-4-11-21-14)20-16-10-5-7-13-6-1-2-9-15(13)16;/h5,7,10,14H,1-4,6,8-9,11-12H2,(H3,18,19,20);1H. The fraction of sp³-hybridized carbons (Fsp3) is 0.588. The highest BCUT2D eigenvalue weighted by atomic mass is 127. The average molecular weight is 415 g/mol. The Morgan fingerprint density at radius 1 is 1.23 bits per heavy atom. The molecule has 1 fully saturated rings. The van der Waals surface area contributed by atoms with Gasteiger partial charge in [-0.05, 0) is 62.1 Å². The molecule has 3 rings (SSSR count). The first-order valence-electron chi connectivity index (χ1n) is 8.12. The number of benzene rings is 1. The van der Waals surface area contributed by atoms with Crippen molar-refractivity contribution in [2.75, 3.05) is 18.5 Å². The van der Waals surface area contributed by atoms with Crippen LogP contribution in [0.3, 0.4) is 0 Å². The van der Waals surface area contributed by atoms with E-state index in [4.69, 9.17) is 10.5 Å². The normalized spacial score (nSPS) is 21.6. The number of nitrogens with one attached hydrogen (secondary N) is 1. The molecule has 5 heteroatoms. The molecule has 2 aliphatic rings. The zero-order chi connectivity index (χ0) is 14.5. The summed E-state index contributed by atoms with van der Waals surface area (Å²) in [6.45, 7) is 1.52. The summed E-state index contributed by atoms with van der Waals surface area (Å²) in [5.74, 6) is 0.503. The second-order valence-corrected chi connectivity index (χ2v) is 5.99. The predicted molar refractivity (Wildman–Crippen MR) is 102 cm³/mol. The minimum atomic E-state index is 0. The van der Waals surface area contributed by atoms with Gasteiger partial charge in [0.2, 0.25) is 0 Å². The lowest BCUT2D eigenvalue weighted by Crippen LogP contribution is -2.28. The molecule has 1 unspecified atom stereocenters. The zero-order valence-corrected chi connectivity index (χ0v) is 15.3. The second kappa shape index (κ2) is 8.72. The smallest absolute Gasteiger partial charge is 0.193 e. The fourth-order valence-corrected chi connectivity index (χ4v) is 3.23. The molecule has 1 aromatic rings. The van der Waals surface area contributed by atoms with Gasteiger partial charge in [-0.3, -0.25) is 4.99 Å². The molecule has 4 nitrogen and oxygen atoms in total. The van der Waals surface area contributed by atoms with Crippen molar-refractivity contribution in [3.8, 4) is 0 Å². The van der Waals surface area contributed by atoms with E-state index in [0.29, 0.717) is 12.5 Å². The quantitative estimate of drug-likeness (QED) is 0.452. The lowest BCUT2D eigenvalue weighted by atomic mass is 9.90. The van der Waals surface area contributed by atoms with E-state index in [1.165, 1.54) is 43.2 Å². The molecule has 1 saturated heterocycles. The number of anilines is 1. The molecule has 1 heterocycles. The van der Waals surface area contributed by atoms with E-state index in [9.17, 15) is 0 Å². The third kappa shape index (κ3) is 4.59. The molecular weight excluding hydrogens is 389 g/mol. The third-order valence-corrected chi connectivity index (χ3v) is 4.40. The Bertz CT molecular complexity index is 513. The maximum atomic E-state index is 6.04. The second-order valence-electron chi connectivity index (χ2n) is 5.99. The Morgan fingerprint density at radius 3 is 2.91 bits per heavy atom. The van der Waals surface area contributed by atoms with E-state index in [1.807, 2.05) is 0 Å². The van der Waals surface area contributed by atoms with Crippen LogP contribution in [0, 0.1) is 0 Å². The number of hydrogen-bond donors (Lipinski definition) is 2. The first-order valence-corrected chi connectivity index (χ1v) is 8.12. The summed E-state index contributed by atoms with van der Waals surface area (Å²) in [6.07, 6.45) is 8.61. The molecule has 1 atom stereocenters. The fourth-order valence-electron chi connectivity index (χ4n) is 3.23. The average Bonchev–Trinajstić information content (AvgIpc) is 2.54. The number of aliphatic imine (C=N–C) groups is 1. The molecule has 0 spiro atoms. The zero-order valence-electron chi connectivity index (χ0n) is 13.0.